The highest BCUT2D eigenvalue weighted by Gasteiger charge is 2.41. The number of hydrogen-bond donors (Lipinski definition) is 17. The highest BCUT2D eigenvalue weighted by Crippen LogP contribution is 2.22. The van der Waals surface area contributed by atoms with Crippen molar-refractivity contribution in [2.45, 2.75) is 171 Å². The Hall–Kier alpha value is -12.1. The van der Waals surface area contributed by atoms with Crippen molar-refractivity contribution in [3.05, 3.63) is 142 Å². The molecule has 582 valence electrons. The molecule has 11 atom stereocenters. The molecule has 20 N–H and O–H groups in total. The number of carbonyl (C=O) groups is 14. The van der Waals surface area contributed by atoms with Gasteiger partial charge in [-0.1, -0.05) is 86.1 Å². The maximum absolute atomic E-state index is 15.1. The number of likely N-dealkylation sites (tertiary alicyclic amines) is 1. The number of nitrogens with one attached hydrogen (secondary N) is 14. The van der Waals surface area contributed by atoms with Crippen LogP contribution in [0.15, 0.2) is 109 Å². The second kappa shape index (κ2) is 41.7. The Balaban J connectivity index is 1.22. The SMILES string of the molecule is CC(=O)N[C@H](Cc1ccc2ccccc2c1)C(=O)N[C@H](Cc1ccc(Cl)cc1)C(=O)N[C@H](Cc1cccnc1)C(=O)N[C@@H](CC(=O)N=[N+]=[N-])C(=O)N[C@H]1CCC(=O)N[C@@H](Cc2c[nH]cn2)C(=O)NCC[C@@H](C(=O)N2CCC[C@H]2C(=O)NC(CN)C(N)=O)NC(=O)[C@H](CC(C)C)NC(=O)[C@@H](CCCNC(=N)N)NC1=O. The number of H-pyrrole nitrogens is 1. The summed E-state index contributed by atoms with van der Waals surface area (Å²) >= 11 is 6.24. The first kappa shape index (κ1) is 84.2. The van der Waals surface area contributed by atoms with Crippen molar-refractivity contribution in [1.82, 2.24) is 83.7 Å². The third kappa shape index (κ3) is 26.7. The molecule has 3 aromatic carbocycles. The number of benzene rings is 3. The van der Waals surface area contributed by atoms with E-state index in [9.17, 15) is 58.3 Å². The van der Waals surface area contributed by atoms with Crippen molar-refractivity contribution < 1.29 is 67.1 Å². The van der Waals surface area contributed by atoms with E-state index in [-0.39, 0.29) is 95.6 Å². The predicted molar refractivity (Wildman–Crippen MR) is 395 cm³/mol. The molecule has 0 aliphatic carbocycles. The van der Waals surface area contributed by atoms with E-state index in [2.05, 4.69) is 88.8 Å². The Morgan fingerprint density at radius 2 is 1.37 bits per heavy atom. The van der Waals surface area contributed by atoms with Crippen LogP contribution in [0.5, 0.6) is 0 Å². The summed E-state index contributed by atoms with van der Waals surface area (Å²) in [5, 5.41) is 44.2. The zero-order chi connectivity index (χ0) is 79.3. The smallest absolute Gasteiger partial charge is 0.245 e. The molecule has 2 fully saturated rings. The van der Waals surface area contributed by atoms with Gasteiger partial charge >= 0.3 is 0 Å². The number of nitrogens with zero attached hydrogens (tertiary/aromatic N) is 6. The number of aromatic nitrogens is 3. The molecule has 0 radical (unpaired) electrons. The average Bonchev–Trinajstić information content (AvgIpc) is 1.69. The summed E-state index contributed by atoms with van der Waals surface area (Å²) in [7, 11) is 0. The van der Waals surface area contributed by atoms with Crippen molar-refractivity contribution in [3.63, 3.8) is 0 Å². The second-order valence-corrected chi connectivity index (χ2v) is 27.2. The first-order valence-electron chi connectivity index (χ1n) is 35.4. The van der Waals surface area contributed by atoms with Crippen LogP contribution in [0.25, 0.3) is 21.2 Å². The molecule has 5 aromatic rings. The van der Waals surface area contributed by atoms with Crippen LogP contribution in [0.3, 0.4) is 0 Å². The van der Waals surface area contributed by atoms with Crippen LogP contribution in [0.1, 0.15) is 101 Å². The third-order valence-corrected chi connectivity index (χ3v) is 18.1. The predicted octanol–water partition coefficient (Wildman–Crippen LogP) is -1.98. The monoisotopic (exact) mass is 1530 g/mol. The number of pyridine rings is 1. The maximum Gasteiger partial charge on any atom is 0.245 e. The number of fused-ring (bicyclic) bond motifs is 1. The number of hydrogen-bond acceptors (Lipinski definition) is 18. The quantitative estimate of drug-likeness (QED) is 0.00592. The summed E-state index contributed by atoms with van der Waals surface area (Å²) in [6.45, 7) is 3.93. The van der Waals surface area contributed by atoms with Gasteiger partial charge in [-0.2, -0.15) is 0 Å². The Morgan fingerprint density at radius 1 is 0.716 bits per heavy atom. The number of halogens is 1. The van der Waals surface area contributed by atoms with E-state index < -0.39 is 174 Å². The minimum atomic E-state index is -2.10. The number of primary amides is 1. The molecule has 14 amide bonds. The van der Waals surface area contributed by atoms with Gasteiger partial charge in [0.1, 0.15) is 66.5 Å². The van der Waals surface area contributed by atoms with E-state index in [1.165, 1.54) is 42.8 Å². The lowest BCUT2D eigenvalue weighted by Gasteiger charge is -2.31. The summed E-state index contributed by atoms with van der Waals surface area (Å²) in [5.74, 6) is -14.3. The number of guanidine groups is 1. The van der Waals surface area contributed by atoms with Gasteiger partial charge in [0, 0.05) is 100 Å². The normalized spacial score (nSPS) is 19.4. The van der Waals surface area contributed by atoms with Gasteiger partial charge < -0.3 is 90.9 Å². The number of amides is 14. The zero-order valence-corrected chi connectivity index (χ0v) is 61.0. The number of azide groups is 1. The molecule has 2 aliphatic heterocycles. The van der Waals surface area contributed by atoms with E-state index in [1.807, 2.05) is 36.4 Å². The molecular weight excluding hydrogens is 1430 g/mol. The molecular formula is C71H92ClN23O14. The van der Waals surface area contributed by atoms with Crippen LogP contribution in [0, 0.1) is 11.3 Å². The van der Waals surface area contributed by atoms with Crippen molar-refractivity contribution in [2.24, 2.45) is 28.2 Å². The summed E-state index contributed by atoms with van der Waals surface area (Å²) in [5.41, 5.74) is 27.9. The number of rotatable bonds is 30. The molecule has 0 bridgehead atoms. The van der Waals surface area contributed by atoms with Crippen LogP contribution in [0.4, 0.5) is 0 Å². The van der Waals surface area contributed by atoms with Gasteiger partial charge in [0.2, 0.25) is 82.7 Å². The van der Waals surface area contributed by atoms with Crippen molar-refractivity contribution in [3.8, 4) is 0 Å². The number of imidazole rings is 1. The largest absolute Gasteiger partial charge is 0.370 e. The van der Waals surface area contributed by atoms with E-state index in [4.69, 9.17) is 34.2 Å². The van der Waals surface area contributed by atoms with Gasteiger partial charge in [-0.3, -0.25) is 77.5 Å². The Labute approximate surface area is 631 Å². The molecule has 38 heteroatoms. The molecule has 0 spiro atoms. The molecule has 2 aliphatic rings. The fourth-order valence-electron chi connectivity index (χ4n) is 12.3. The molecule has 0 saturated carbocycles. The van der Waals surface area contributed by atoms with Crippen molar-refractivity contribution >= 4 is 111 Å². The van der Waals surface area contributed by atoms with Crippen LogP contribution < -0.4 is 81.0 Å². The van der Waals surface area contributed by atoms with E-state index in [0.717, 1.165) is 10.8 Å². The van der Waals surface area contributed by atoms with Gasteiger partial charge in [0.25, 0.3) is 0 Å². The summed E-state index contributed by atoms with van der Waals surface area (Å²) in [4.78, 5) is 214. The van der Waals surface area contributed by atoms with Gasteiger partial charge in [-0.15, -0.1) is 0 Å². The van der Waals surface area contributed by atoms with Gasteiger partial charge in [-0.05, 0) is 107 Å². The molecule has 109 heavy (non-hydrogen) atoms. The zero-order valence-electron chi connectivity index (χ0n) is 60.3. The fraction of sp³-hybridized carbons (Fsp3) is 0.451. The average molecular weight is 1530 g/mol. The Morgan fingerprint density at radius 3 is 2.00 bits per heavy atom. The second-order valence-electron chi connectivity index (χ2n) is 26.8. The van der Waals surface area contributed by atoms with E-state index in [1.54, 1.807) is 50.2 Å². The lowest BCUT2D eigenvalue weighted by molar-refractivity contribution is -0.142. The third-order valence-electron chi connectivity index (χ3n) is 17.8. The minimum absolute atomic E-state index is 0.00620. The fourth-order valence-corrected chi connectivity index (χ4v) is 12.5. The van der Waals surface area contributed by atoms with Crippen LogP contribution >= 0.6 is 11.6 Å². The van der Waals surface area contributed by atoms with Crippen LogP contribution in [0.2, 0.25) is 5.02 Å². The van der Waals surface area contributed by atoms with Crippen molar-refractivity contribution in [2.75, 3.05) is 26.2 Å². The minimum Gasteiger partial charge on any atom is -0.370 e. The molecule has 2 saturated heterocycles. The first-order chi connectivity index (χ1) is 52.1. The lowest BCUT2D eigenvalue weighted by Crippen LogP contribution is -2.61. The topological polar surface area (TPSA) is 579 Å². The van der Waals surface area contributed by atoms with E-state index >= 15 is 14.4 Å². The van der Waals surface area contributed by atoms with E-state index in [0.29, 0.717) is 28.1 Å². The van der Waals surface area contributed by atoms with Gasteiger partial charge in [0.05, 0.1) is 12.0 Å². The van der Waals surface area contributed by atoms with Gasteiger partial charge in [-0.25, -0.2) is 4.98 Å². The Kier molecular flexibility index (Phi) is 32.2. The summed E-state index contributed by atoms with van der Waals surface area (Å²) < 4.78 is 0. The molecule has 7 rings (SSSR count). The summed E-state index contributed by atoms with van der Waals surface area (Å²) in [6.07, 6.45) is 1.98. The summed E-state index contributed by atoms with van der Waals surface area (Å²) in [6, 6.07) is 5.38. The number of carbonyl (C=O) groups excluding carboxylic acids is 14. The molecule has 37 nitrogen and oxygen atoms in total. The first-order valence-corrected chi connectivity index (χ1v) is 35.8. The molecule has 1 unspecified atom stereocenters. The Bertz CT molecular complexity index is 4150. The van der Waals surface area contributed by atoms with Crippen LogP contribution in [-0.4, -0.2) is 201 Å². The number of aromatic amines is 1. The lowest BCUT2D eigenvalue weighted by atomic mass is 9.99. The van der Waals surface area contributed by atoms with Crippen LogP contribution in [-0.2, 0) is 92.8 Å². The molecule has 4 heterocycles. The molecule has 2 aromatic heterocycles. The highest BCUT2D eigenvalue weighted by atomic mass is 35.5. The van der Waals surface area contributed by atoms with Gasteiger partial charge in [0.15, 0.2) is 5.96 Å². The van der Waals surface area contributed by atoms with Crippen molar-refractivity contribution in [1.29, 1.82) is 5.41 Å². The number of nitrogens with two attached hydrogens (primary N) is 3. The highest BCUT2D eigenvalue weighted by molar-refractivity contribution is 6.30. The standard InChI is InChI=1S/C71H92ClN23O14/c1-38(2)27-50-64(103)87-49(70(109)95-26-8-13-57(95)69(108)92-56(34-73)60(74)99)22-25-80-61(100)54(32-46-36-79-37-82-46)84-58(97)21-20-48(63(102)85-47(62(101)88-50)12-7-24-81-71(75)76)86-68(107)55(33-59(98)93-94-77)91-67(106)53(31-42-9-6-23-78-35-42)90-66(105)52(29-40-15-18-45(72)19-16-40)89-65(104)51(83-39(3)96)30-41-14-17-43-10-4-5-11-44(43)28-41/h4-6,9-11,14-19,23,28,35-38,47-57H,7-8,12-13,20-22,24-27,29-34,73H2,1-3H3,(H2,74,99)(H,79,82)(H,80,100)(H,83,96)(H,84,97)(H,85,102)(H,86,107)(H,87,103)(H,88,101)(H,89,104)(H,90,105)(H,91,106)(H,92,108)(H4,75,76,81)/t47-,48+,49+,50+,51-,52-,53-,54+,55+,56?,57+/m1/s1. The maximum atomic E-state index is 15.1.